The van der Waals surface area contributed by atoms with Crippen molar-refractivity contribution >= 4 is 23.2 Å². The third-order valence-corrected chi connectivity index (χ3v) is 5.27. The molecule has 1 aromatic heterocycles. The summed E-state index contributed by atoms with van der Waals surface area (Å²) in [6.45, 7) is 6.42. The molecule has 21 heavy (non-hydrogen) atoms. The number of hydrogen-bond donors (Lipinski definition) is 0. The van der Waals surface area contributed by atoms with Crippen LogP contribution in [0.3, 0.4) is 0 Å². The van der Waals surface area contributed by atoms with Crippen LogP contribution in [0.5, 0.6) is 0 Å². The molecule has 4 nitrogen and oxygen atoms in total. The molecule has 0 aromatic carbocycles. The van der Waals surface area contributed by atoms with Crippen LogP contribution >= 0.6 is 11.3 Å². The fourth-order valence-electron chi connectivity index (χ4n) is 3.48. The van der Waals surface area contributed by atoms with E-state index in [1.54, 1.807) is 6.08 Å². The SMILES string of the molecule is C=CCN1CC[C@]2(CCCN(C(=O)c3ccsc3)C2)C1=O. The van der Waals surface area contributed by atoms with Crippen LogP contribution < -0.4 is 0 Å². The highest BCUT2D eigenvalue weighted by Crippen LogP contribution is 2.40. The smallest absolute Gasteiger partial charge is 0.254 e. The Morgan fingerprint density at radius 1 is 1.43 bits per heavy atom. The average molecular weight is 304 g/mol. The molecule has 0 aliphatic carbocycles. The largest absolute Gasteiger partial charge is 0.338 e. The first-order chi connectivity index (χ1) is 10.2. The lowest BCUT2D eigenvalue weighted by atomic mass is 9.78. The lowest BCUT2D eigenvalue weighted by Crippen LogP contribution is -2.49. The molecule has 112 valence electrons. The van der Waals surface area contributed by atoms with E-state index in [9.17, 15) is 9.59 Å². The van der Waals surface area contributed by atoms with Crippen molar-refractivity contribution in [1.82, 2.24) is 9.80 Å². The Morgan fingerprint density at radius 2 is 2.29 bits per heavy atom. The fourth-order valence-corrected chi connectivity index (χ4v) is 4.11. The summed E-state index contributed by atoms with van der Waals surface area (Å²) < 4.78 is 0. The van der Waals surface area contributed by atoms with Crippen LogP contribution in [0.4, 0.5) is 0 Å². The molecule has 2 fully saturated rings. The zero-order chi connectivity index (χ0) is 14.9. The number of nitrogens with zero attached hydrogens (tertiary/aromatic N) is 2. The van der Waals surface area contributed by atoms with Crippen LogP contribution in [0.2, 0.25) is 0 Å². The second-order valence-corrected chi connectivity index (χ2v) is 6.69. The van der Waals surface area contributed by atoms with Gasteiger partial charge in [-0.25, -0.2) is 0 Å². The van der Waals surface area contributed by atoms with Crippen LogP contribution in [0.1, 0.15) is 29.6 Å². The van der Waals surface area contributed by atoms with Crippen molar-refractivity contribution in [2.45, 2.75) is 19.3 Å². The highest BCUT2D eigenvalue weighted by molar-refractivity contribution is 7.08. The number of likely N-dealkylation sites (tertiary alicyclic amines) is 2. The van der Waals surface area contributed by atoms with Gasteiger partial charge in [-0.1, -0.05) is 6.08 Å². The summed E-state index contributed by atoms with van der Waals surface area (Å²) in [7, 11) is 0. The Labute approximate surface area is 129 Å². The molecule has 2 saturated heterocycles. The van der Waals surface area contributed by atoms with Gasteiger partial charge in [0.2, 0.25) is 5.91 Å². The number of carbonyl (C=O) groups is 2. The van der Waals surface area contributed by atoms with E-state index in [2.05, 4.69) is 6.58 Å². The highest BCUT2D eigenvalue weighted by atomic mass is 32.1. The maximum atomic E-state index is 12.7. The molecule has 3 rings (SSSR count). The van der Waals surface area contributed by atoms with Gasteiger partial charge in [-0.3, -0.25) is 9.59 Å². The minimum atomic E-state index is -0.354. The van der Waals surface area contributed by atoms with E-state index >= 15 is 0 Å². The van der Waals surface area contributed by atoms with E-state index in [4.69, 9.17) is 0 Å². The molecule has 1 spiro atoms. The molecule has 3 heterocycles. The molecule has 0 bridgehead atoms. The van der Waals surface area contributed by atoms with Crippen molar-refractivity contribution in [3.63, 3.8) is 0 Å². The monoisotopic (exact) mass is 304 g/mol. The predicted octanol–water partition coefficient (Wildman–Crippen LogP) is 2.39. The number of hydrogen-bond acceptors (Lipinski definition) is 3. The average Bonchev–Trinajstić information content (AvgIpc) is 3.12. The van der Waals surface area contributed by atoms with Gasteiger partial charge in [-0.2, -0.15) is 11.3 Å². The van der Waals surface area contributed by atoms with Gasteiger partial charge in [0.1, 0.15) is 0 Å². The van der Waals surface area contributed by atoms with Crippen molar-refractivity contribution in [3.05, 3.63) is 35.0 Å². The lowest BCUT2D eigenvalue weighted by Gasteiger charge is -2.39. The molecule has 0 unspecified atom stereocenters. The Kier molecular flexibility index (Phi) is 3.85. The summed E-state index contributed by atoms with van der Waals surface area (Å²) in [6, 6.07) is 1.86. The molecule has 0 saturated carbocycles. The van der Waals surface area contributed by atoms with Crippen LogP contribution in [0, 0.1) is 5.41 Å². The van der Waals surface area contributed by atoms with Crippen molar-refractivity contribution in [2.24, 2.45) is 5.41 Å². The molecule has 1 atom stereocenters. The zero-order valence-electron chi connectivity index (χ0n) is 12.1. The summed E-state index contributed by atoms with van der Waals surface area (Å²) in [5, 5.41) is 3.80. The molecule has 1 aromatic rings. The third-order valence-electron chi connectivity index (χ3n) is 4.58. The fraction of sp³-hybridized carbons (Fsp3) is 0.500. The maximum Gasteiger partial charge on any atom is 0.254 e. The number of piperidine rings is 1. The second-order valence-electron chi connectivity index (χ2n) is 5.91. The highest BCUT2D eigenvalue weighted by Gasteiger charge is 2.49. The topological polar surface area (TPSA) is 40.6 Å². The van der Waals surface area contributed by atoms with Gasteiger partial charge >= 0.3 is 0 Å². The van der Waals surface area contributed by atoms with Crippen molar-refractivity contribution in [3.8, 4) is 0 Å². The first kappa shape index (κ1) is 14.3. The van der Waals surface area contributed by atoms with Gasteiger partial charge in [-0.05, 0) is 30.7 Å². The number of rotatable bonds is 3. The molecule has 5 heteroatoms. The van der Waals surface area contributed by atoms with Crippen molar-refractivity contribution in [2.75, 3.05) is 26.2 Å². The van der Waals surface area contributed by atoms with E-state index in [1.165, 1.54) is 11.3 Å². The normalized spacial score (nSPS) is 25.6. The van der Waals surface area contributed by atoms with Crippen LogP contribution in [-0.4, -0.2) is 47.8 Å². The minimum Gasteiger partial charge on any atom is -0.338 e. The Hall–Kier alpha value is -1.62. The molecule has 0 N–H and O–H groups in total. The molecule has 0 radical (unpaired) electrons. The second kappa shape index (κ2) is 5.64. The summed E-state index contributed by atoms with van der Waals surface area (Å²) in [5.41, 5.74) is 0.387. The van der Waals surface area contributed by atoms with Crippen LogP contribution in [-0.2, 0) is 4.79 Å². The van der Waals surface area contributed by atoms with Crippen molar-refractivity contribution < 1.29 is 9.59 Å². The van der Waals surface area contributed by atoms with Gasteiger partial charge in [0.05, 0.1) is 11.0 Å². The third kappa shape index (κ3) is 2.50. The Balaban J connectivity index is 1.76. The summed E-state index contributed by atoms with van der Waals surface area (Å²) in [6.07, 6.45) is 4.43. The molecular weight excluding hydrogens is 284 g/mol. The zero-order valence-corrected chi connectivity index (χ0v) is 12.9. The van der Waals surface area contributed by atoms with Gasteiger partial charge in [0.15, 0.2) is 0 Å². The molecule has 2 amide bonds. The van der Waals surface area contributed by atoms with Crippen molar-refractivity contribution in [1.29, 1.82) is 0 Å². The first-order valence-corrected chi connectivity index (χ1v) is 8.32. The minimum absolute atomic E-state index is 0.0605. The summed E-state index contributed by atoms with van der Waals surface area (Å²) in [5.74, 6) is 0.260. The predicted molar refractivity (Wildman–Crippen MR) is 83.3 cm³/mol. The van der Waals surface area contributed by atoms with Gasteiger partial charge in [0, 0.05) is 31.6 Å². The maximum absolute atomic E-state index is 12.7. The van der Waals surface area contributed by atoms with E-state index in [-0.39, 0.29) is 17.2 Å². The van der Waals surface area contributed by atoms with E-state index in [0.29, 0.717) is 13.1 Å². The molecular formula is C16H20N2O2S. The van der Waals surface area contributed by atoms with E-state index in [0.717, 1.165) is 37.9 Å². The van der Waals surface area contributed by atoms with Gasteiger partial charge in [0.25, 0.3) is 5.91 Å². The Bertz CT molecular complexity index is 555. The lowest BCUT2D eigenvalue weighted by molar-refractivity contribution is -0.137. The van der Waals surface area contributed by atoms with Gasteiger partial charge in [-0.15, -0.1) is 6.58 Å². The summed E-state index contributed by atoms with van der Waals surface area (Å²) in [4.78, 5) is 28.9. The number of amides is 2. The van der Waals surface area contributed by atoms with Crippen LogP contribution in [0.25, 0.3) is 0 Å². The van der Waals surface area contributed by atoms with E-state index in [1.807, 2.05) is 26.6 Å². The standard InChI is InChI=1S/C16H20N2O2S/c1-2-7-17-9-6-16(15(17)20)5-3-8-18(12-16)14(19)13-4-10-21-11-13/h2,4,10-11H,1,3,5-9,12H2/t16-/m0/s1. The Morgan fingerprint density at radius 3 is 3.00 bits per heavy atom. The molecule has 2 aliphatic heterocycles. The first-order valence-electron chi connectivity index (χ1n) is 7.38. The number of thiophene rings is 1. The van der Waals surface area contributed by atoms with E-state index < -0.39 is 0 Å². The molecule has 2 aliphatic rings. The van der Waals surface area contributed by atoms with Crippen LogP contribution in [0.15, 0.2) is 29.5 Å². The summed E-state index contributed by atoms with van der Waals surface area (Å²) >= 11 is 1.53. The quantitative estimate of drug-likeness (QED) is 0.805. The van der Waals surface area contributed by atoms with Gasteiger partial charge < -0.3 is 9.80 Å². The number of carbonyl (C=O) groups excluding carboxylic acids is 2.